The van der Waals surface area contributed by atoms with Crippen molar-refractivity contribution in [2.24, 2.45) is 5.41 Å². The number of nitrogens with one attached hydrogen (secondary N) is 1. The molecule has 0 saturated heterocycles. The smallest absolute Gasteiger partial charge is 0.211 e. The van der Waals surface area contributed by atoms with Crippen molar-refractivity contribution in [2.45, 2.75) is 26.7 Å². The Morgan fingerprint density at radius 2 is 2.25 bits per heavy atom. The minimum Gasteiger partial charge on any atom is -0.326 e. The predicted octanol–water partition coefficient (Wildman–Crippen LogP) is 1.01. The lowest BCUT2D eigenvalue weighted by Gasteiger charge is -2.25. The van der Waals surface area contributed by atoms with Gasteiger partial charge in [0.1, 0.15) is 0 Å². The topological polar surface area (TPSA) is 46.2 Å². The number of hydrogen-bond acceptors (Lipinski definition) is 2. The summed E-state index contributed by atoms with van der Waals surface area (Å²) >= 11 is 0. The molecule has 1 N–H and O–H groups in total. The molecule has 0 aromatic rings. The summed E-state index contributed by atoms with van der Waals surface area (Å²) in [5.74, 6) is 0.0291. The van der Waals surface area contributed by atoms with Crippen LogP contribution in [0.1, 0.15) is 26.7 Å². The maximum atomic E-state index is 11.2. The molecule has 12 heavy (non-hydrogen) atoms. The molecule has 1 aliphatic rings. The zero-order chi connectivity index (χ0) is 9.19. The second-order valence-electron chi connectivity index (χ2n) is 3.73. The molecule has 0 aromatic carbocycles. The molecule has 0 bridgehead atoms. The van der Waals surface area contributed by atoms with Crippen LogP contribution in [0.3, 0.4) is 0 Å². The summed E-state index contributed by atoms with van der Waals surface area (Å²) in [5.41, 5.74) is 0.473. The van der Waals surface area contributed by atoms with Crippen LogP contribution in [0.2, 0.25) is 0 Å². The van der Waals surface area contributed by atoms with Crippen molar-refractivity contribution in [2.75, 3.05) is 0 Å². The maximum absolute atomic E-state index is 11.2. The van der Waals surface area contributed by atoms with E-state index >= 15 is 0 Å². The summed E-state index contributed by atoms with van der Waals surface area (Å²) in [4.78, 5) is 21.3. The Morgan fingerprint density at radius 1 is 1.58 bits per heavy atom. The molecule has 0 atom stereocenters. The average molecular weight is 167 g/mol. The summed E-state index contributed by atoms with van der Waals surface area (Å²) < 4.78 is 0. The van der Waals surface area contributed by atoms with Crippen LogP contribution in [-0.2, 0) is 9.59 Å². The van der Waals surface area contributed by atoms with Gasteiger partial charge in [0.15, 0.2) is 5.78 Å². The molecular weight excluding hydrogens is 154 g/mol. The lowest BCUT2D eigenvalue weighted by atomic mass is 9.81. The SMILES string of the molecule is CC1(C)C=C(NC=O)C(=O)CC1. The zero-order valence-corrected chi connectivity index (χ0v) is 7.39. The highest BCUT2D eigenvalue weighted by Gasteiger charge is 2.25. The number of allylic oxidation sites excluding steroid dienone is 2. The van der Waals surface area contributed by atoms with Crippen LogP contribution in [0.25, 0.3) is 0 Å². The number of hydrogen-bond donors (Lipinski definition) is 1. The number of amides is 1. The van der Waals surface area contributed by atoms with E-state index in [0.29, 0.717) is 18.5 Å². The third kappa shape index (κ3) is 1.94. The summed E-state index contributed by atoms with van der Waals surface area (Å²) in [6, 6.07) is 0. The molecular formula is C9H13NO2. The fourth-order valence-corrected chi connectivity index (χ4v) is 1.30. The minimum absolute atomic E-state index is 0.0270. The van der Waals surface area contributed by atoms with Crippen LogP contribution in [0.4, 0.5) is 0 Å². The van der Waals surface area contributed by atoms with Crippen molar-refractivity contribution in [3.05, 3.63) is 11.8 Å². The number of carbonyl (C=O) groups excluding carboxylic acids is 2. The van der Waals surface area contributed by atoms with E-state index in [0.717, 1.165) is 6.42 Å². The highest BCUT2D eigenvalue weighted by Crippen LogP contribution is 2.30. The van der Waals surface area contributed by atoms with Gasteiger partial charge >= 0.3 is 0 Å². The van der Waals surface area contributed by atoms with Crippen LogP contribution < -0.4 is 5.32 Å². The molecule has 1 amide bonds. The first kappa shape index (κ1) is 8.97. The second-order valence-corrected chi connectivity index (χ2v) is 3.73. The minimum atomic E-state index is 0.0270. The van der Waals surface area contributed by atoms with E-state index in [-0.39, 0.29) is 11.2 Å². The molecule has 0 spiro atoms. The van der Waals surface area contributed by atoms with Gasteiger partial charge < -0.3 is 5.32 Å². The molecule has 0 unspecified atom stereocenters. The third-order valence-electron chi connectivity index (χ3n) is 2.05. The Bertz CT molecular complexity index is 241. The Morgan fingerprint density at radius 3 is 2.83 bits per heavy atom. The van der Waals surface area contributed by atoms with Crippen LogP contribution >= 0.6 is 0 Å². The Hall–Kier alpha value is -1.12. The summed E-state index contributed by atoms with van der Waals surface area (Å²) in [7, 11) is 0. The lowest BCUT2D eigenvalue weighted by molar-refractivity contribution is -0.118. The Balaban J connectivity index is 2.84. The molecule has 3 heteroatoms. The van der Waals surface area contributed by atoms with Crippen molar-refractivity contribution in [3.8, 4) is 0 Å². The van der Waals surface area contributed by atoms with Crippen molar-refractivity contribution in [3.63, 3.8) is 0 Å². The zero-order valence-electron chi connectivity index (χ0n) is 7.39. The van der Waals surface area contributed by atoms with Gasteiger partial charge in [-0.15, -0.1) is 0 Å². The van der Waals surface area contributed by atoms with Crippen LogP contribution in [0, 0.1) is 5.41 Å². The van der Waals surface area contributed by atoms with Crippen LogP contribution in [0.5, 0.6) is 0 Å². The summed E-state index contributed by atoms with van der Waals surface area (Å²) in [6.45, 7) is 4.10. The lowest BCUT2D eigenvalue weighted by Crippen LogP contribution is -2.27. The summed E-state index contributed by atoms with van der Waals surface area (Å²) in [6.07, 6.45) is 3.76. The molecule has 0 aromatic heterocycles. The van der Waals surface area contributed by atoms with Crippen molar-refractivity contribution < 1.29 is 9.59 Å². The van der Waals surface area contributed by atoms with E-state index in [1.54, 1.807) is 0 Å². The first-order valence-electron chi connectivity index (χ1n) is 4.01. The first-order chi connectivity index (χ1) is 5.55. The van der Waals surface area contributed by atoms with Crippen LogP contribution in [0.15, 0.2) is 11.8 Å². The normalized spacial score (nSPS) is 21.5. The fourth-order valence-electron chi connectivity index (χ4n) is 1.30. The molecule has 0 radical (unpaired) electrons. The highest BCUT2D eigenvalue weighted by atomic mass is 16.1. The number of ketones is 1. The van der Waals surface area contributed by atoms with E-state index in [2.05, 4.69) is 5.32 Å². The molecule has 66 valence electrons. The standard InChI is InChI=1S/C9H13NO2/c1-9(2)4-3-8(12)7(5-9)10-6-11/h5-6H,3-4H2,1-2H3,(H,10,11). The van der Waals surface area contributed by atoms with Gasteiger partial charge in [-0.25, -0.2) is 0 Å². The van der Waals surface area contributed by atoms with E-state index in [9.17, 15) is 9.59 Å². The van der Waals surface area contributed by atoms with E-state index < -0.39 is 0 Å². The summed E-state index contributed by atoms with van der Waals surface area (Å²) in [5, 5.41) is 2.42. The molecule has 0 fully saturated rings. The monoisotopic (exact) mass is 167 g/mol. The van der Waals surface area contributed by atoms with Gasteiger partial charge in [-0.3, -0.25) is 9.59 Å². The molecule has 3 nitrogen and oxygen atoms in total. The van der Waals surface area contributed by atoms with Gasteiger partial charge in [0.25, 0.3) is 0 Å². The van der Waals surface area contributed by atoms with Crippen molar-refractivity contribution in [1.29, 1.82) is 0 Å². The van der Waals surface area contributed by atoms with Crippen LogP contribution in [-0.4, -0.2) is 12.2 Å². The number of Topliss-reactive ketones (excluding diaryl/α,β-unsaturated/α-hetero) is 1. The molecule has 0 heterocycles. The largest absolute Gasteiger partial charge is 0.326 e. The van der Waals surface area contributed by atoms with Gasteiger partial charge in [0, 0.05) is 6.42 Å². The highest BCUT2D eigenvalue weighted by molar-refractivity contribution is 5.97. The Labute approximate surface area is 71.8 Å². The molecule has 1 aliphatic carbocycles. The fraction of sp³-hybridized carbons (Fsp3) is 0.556. The van der Waals surface area contributed by atoms with Crippen molar-refractivity contribution in [1.82, 2.24) is 5.32 Å². The second kappa shape index (κ2) is 3.09. The van der Waals surface area contributed by atoms with E-state index in [1.165, 1.54) is 0 Å². The molecule has 0 aliphatic heterocycles. The van der Waals surface area contributed by atoms with Gasteiger partial charge in [-0.05, 0) is 11.8 Å². The number of rotatable bonds is 2. The molecule has 1 rings (SSSR count). The van der Waals surface area contributed by atoms with Crippen molar-refractivity contribution >= 4 is 12.2 Å². The quantitative estimate of drug-likeness (QED) is 0.624. The van der Waals surface area contributed by atoms with E-state index in [4.69, 9.17) is 0 Å². The first-order valence-corrected chi connectivity index (χ1v) is 4.01. The van der Waals surface area contributed by atoms with Gasteiger partial charge in [0.05, 0.1) is 5.70 Å². The van der Waals surface area contributed by atoms with Gasteiger partial charge in [-0.1, -0.05) is 19.9 Å². The average Bonchev–Trinajstić information content (AvgIpc) is 1.97. The van der Waals surface area contributed by atoms with Gasteiger partial charge in [0.2, 0.25) is 6.41 Å². The van der Waals surface area contributed by atoms with Gasteiger partial charge in [-0.2, -0.15) is 0 Å². The number of carbonyl (C=O) groups is 2. The third-order valence-corrected chi connectivity index (χ3v) is 2.05. The molecule has 0 saturated carbocycles. The predicted molar refractivity (Wildman–Crippen MR) is 45.3 cm³/mol. The maximum Gasteiger partial charge on any atom is 0.211 e. The Kier molecular flexibility index (Phi) is 2.31. The van der Waals surface area contributed by atoms with E-state index in [1.807, 2.05) is 19.9 Å².